The van der Waals surface area contributed by atoms with Gasteiger partial charge in [0.1, 0.15) is 23.7 Å². The molecule has 0 amide bonds. The number of carbonyl (C=O) groups is 2. The number of fused-ring (bicyclic) bond motifs is 1. The van der Waals surface area contributed by atoms with Gasteiger partial charge >= 0.3 is 11.9 Å². The summed E-state index contributed by atoms with van der Waals surface area (Å²) in [6, 6.07) is 0. The fourth-order valence-corrected chi connectivity index (χ4v) is 3.59. The van der Waals surface area contributed by atoms with Gasteiger partial charge in [-0.1, -0.05) is 11.6 Å². The van der Waals surface area contributed by atoms with E-state index in [0.29, 0.717) is 48.7 Å². The van der Waals surface area contributed by atoms with E-state index in [2.05, 4.69) is 0 Å². The molecule has 0 aliphatic carbocycles. The van der Waals surface area contributed by atoms with E-state index in [0.717, 1.165) is 16.7 Å². The van der Waals surface area contributed by atoms with Crippen LogP contribution in [0.1, 0.15) is 54.2 Å². The molecule has 1 aliphatic heterocycles. The van der Waals surface area contributed by atoms with Gasteiger partial charge in [0.25, 0.3) is 0 Å². The van der Waals surface area contributed by atoms with Crippen molar-refractivity contribution < 1.29 is 38.4 Å². The third-order valence-corrected chi connectivity index (χ3v) is 5.30. The predicted molar refractivity (Wildman–Crippen MR) is 114 cm³/mol. The number of carboxylic acids is 1. The van der Waals surface area contributed by atoms with Crippen molar-refractivity contribution in [1.29, 1.82) is 0 Å². The third-order valence-electron chi connectivity index (χ3n) is 5.30. The first-order valence-corrected chi connectivity index (χ1v) is 10.1. The van der Waals surface area contributed by atoms with Gasteiger partial charge in [0, 0.05) is 18.2 Å². The maximum atomic E-state index is 12.4. The fourth-order valence-electron chi connectivity index (χ4n) is 3.59. The van der Waals surface area contributed by atoms with Crippen molar-refractivity contribution in [3.05, 3.63) is 33.9 Å². The van der Waals surface area contributed by atoms with Crippen molar-refractivity contribution in [3.63, 3.8) is 0 Å². The minimum atomic E-state index is -0.878. The average molecular weight is 437 g/mol. The Morgan fingerprint density at radius 3 is 2.55 bits per heavy atom. The Labute approximate surface area is 183 Å². The van der Waals surface area contributed by atoms with Crippen molar-refractivity contribution in [3.8, 4) is 11.5 Å². The lowest BCUT2D eigenvalue weighted by molar-refractivity contribution is -0.146. The molecule has 0 saturated heterocycles. The van der Waals surface area contributed by atoms with Crippen LogP contribution in [0.4, 0.5) is 0 Å². The van der Waals surface area contributed by atoms with Crippen molar-refractivity contribution in [2.24, 2.45) is 5.41 Å². The Morgan fingerprint density at radius 2 is 1.94 bits per heavy atom. The number of benzene rings is 1. The number of allylic oxidation sites excluding steroid dienone is 2. The number of carbonyl (C=O) groups excluding carboxylic acids is 1. The molecular formula is C23H32O8. The second-order valence-corrected chi connectivity index (χ2v) is 8.18. The molecule has 0 saturated carbocycles. The SMILES string of the molecule is COCCOCOc1c(CC=C(C)CC(C)(C)C(=O)O)c(OC)c(C)c2c1C(=O)OC2. The number of cyclic esters (lactones) is 1. The van der Waals surface area contributed by atoms with Gasteiger partial charge in [0.2, 0.25) is 0 Å². The van der Waals surface area contributed by atoms with E-state index in [1.165, 1.54) is 0 Å². The highest BCUT2D eigenvalue weighted by atomic mass is 16.7. The van der Waals surface area contributed by atoms with Crippen molar-refractivity contribution in [2.75, 3.05) is 34.2 Å². The molecule has 0 aromatic heterocycles. The van der Waals surface area contributed by atoms with Gasteiger partial charge in [0.05, 0.1) is 25.7 Å². The lowest BCUT2D eigenvalue weighted by Gasteiger charge is -2.21. The van der Waals surface area contributed by atoms with Crippen LogP contribution in [0.3, 0.4) is 0 Å². The number of esters is 1. The van der Waals surface area contributed by atoms with Crippen LogP contribution in [-0.2, 0) is 32.0 Å². The van der Waals surface area contributed by atoms with Crippen LogP contribution >= 0.6 is 0 Å². The minimum absolute atomic E-state index is 0.0585. The van der Waals surface area contributed by atoms with Gasteiger partial charge in [-0.05, 0) is 46.1 Å². The van der Waals surface area contributed by atoms with Crippen molar-refractivity contribution >= 4 is 11.9 Å². The van der Waals surface area contributed by atoms with Crippen LogP contribution in [0.5, 0.6) is 11.5 Å². The number of hydrogen-bond donors (Lipinski definition) is 1. The maximum Gasteiger partial charge on any atom is 0.342 e. The summed E-state index contributed by atoms with van der Waals surface area (Å²) in [5.41, 5.74) is 2.68. The lowest BCUT2D eigenvalue weighted by atomic mass is 9.85. The average Bonchev–Trinajstić information content (AvgIpc) is 3.09. The number of methoxy groups -OCH3 is 2. The first-order valence-electron chi connectivity index (χ1n) is 10.1. The van der Waals surface area contributed by atoms with Crippen LogP contribution < -0.4 is 9.47 Å². The summed E-state index contributed by atoms with van der Waals surface area (Å²) in [6.07, 6.45) is 2.74. The molecule has 0 fully saturated rings. The summed E-state index contributed by atoms with van der Waals surface area (Å²) in [7, 11) is 3.15. The lowest BCUT2D eigenvalue weighted by Crippen LogP contribution is -2.23. The molecule has 31 heavy (non-hydrogen) atoms. The third kappa shape index (κ3) is 5.77. The summed E-state index contributed by atoms with van der Waals surface area (Å²) in [6.45, 7) is 8.03. The van der Waals surface area contributed by atoms with Crippen LogP contribution in [0.2, 0.25) is 0 Å². The van der Waals surface area contributed by atoms with Gasteiger partial charge in [-0.2, -0.15) is 0 Å². The van der Waals surface area contributed by atoms with E-state index in [9.17, 15) is 14.7 Å². The number of ether oxygens (including phenoxy) is 5. The Hall–Kier alpha value is -2.58. The summed E-state index contributed by atoms with van der Waals surface area (Å²) in [5, 5.41) is 9.39. The first kappa shape index (κ1) is 24.7. The molecule has 1 heterocycles. The standard InChI is InChI=1S/C23H32O8/c1-14(11-23(3,4)22(25)26)7-8-16-19(28-6)15(2)17-12-30-21(24)18(17)20(16)31-13-29-10-9-27-5/h7H,8-13H2,1-6H3,(H,25,26). The molecule has 1 aliphatic rings. The number of rotatable bonds is 12. The van der Waals surface area contributed by atoms with Crippen LogP contribution in [-0.4, -0.2) is 51.3 Å². The fraction of sp³-hybridized carbons (Fsp3) is 0.565. The van der Waals surface area contributed by atoms with Gasteiger partial charge in [-0.3, -0.25) is 4.79 Å². The molecule has 0 unspecified atom stereocenters. The zero-order valence-electron chi connectivity index (χ0n) is 19.1. The monoisotopic (exact) mass is 436 g/mol. The highest BCUT2D eigenvalue weighted by molar-refractivity contribution is 5.98. The Morgan fingerprint density at radius 1 is 1.23 bits per heavy atom. The molecule has 2 rings (SSSR count). The molecule has 0 radical (unpaired) electrons. The highest BCUT2D eigenvalue weighted by Gasteiger charge is 2.33. The molecule has 0 spiro atoms. The molecule has 8 nitrogen and oxygen atoms in total. The summed E-state index contributed by atoms with van der Waals surface area (Å²) in [4.78, 5) is 23.9. The summed E-state index contributed by atoms with van der Waals surface area (Å²) in [5.74, 6) is -0.308. The summed E-state index contributed by atoms with van der Waals surface area (Å²) >= 11 is 0. The predicted octanol–water partition coefficient (Wildman–Crippen LogP) is 3.66. The highest BCUT2D eigenvalue weighted by Crippen LogP contribution is 2.43. The molecule has 1 aromatic carbocycles. The molecule has 0 bridgehead atoms. The van der Waals surface area contributed by atoms with E-state index >= 15 is 0 Å². The van der Waals surface area contributed by atoms with Crippen LogP contribution in [0, 0.1) is 12.3 Å². The van der Waals surface area contributed by atoms with Crippen LogP contribution in [0.15, 0.2) is 11.6 Å². The van der Waals surface area contributed by atoms with Gasteiger partial charge in [-0.25, -0.2) is 4.79 Å². The smallest absolute Gasteiger partial charge is 0.342 e. The van der Waals surface area contributed by atoms with E-state index in [1.54, 1.807) is 28.1 Å². The minimum Gasteiger partial charge on any atom is -0.496 e. The zero-order chi connectivity index (χ0) is 23.2. The zero-order valence-corrected chi connectivity index (χ0v) is 19.1. The van der Waals surface area contributed by atoms with Crippen LogP contribution in [0.25, 0.3) is 0 Å². The Kier molecular flexibility index (Phi) is 8.47. The first-order chi connectivity index (χ1) is 14.6. The molecule has 1 N–H and O–H groups in total. The molecular weight excluding hydrogens is 404 g/mol. The van der Waals surface area contributed by atoms with Crippen molar-refractivity contribution in [2.45, 2.75) is 47.1 Å². The molecule has 172 valence electrons. The maximum absolute atomic E-state index is 12.4. The summed E-state index contributed by atoms with van der Waals surface area (Å²) < 4.78 is 27.2. The topological polar surface area (TPSA) is 101 Å². The van der Waals surface area contributed by atoms with Gasteiger partial charge < -0.3 is 28.8 Å². The largest absolute Gasteiger partial charge is 0.496 e. The van der Waals surface area contributed by atoms with E-state index in [-0.39, 0.29) is 13.4 Å². The van der Waals surface area contributed by atoms with Gasteiger partial charge in [0.15, 0.2) is 6.79 Å². The van der Waals surface area contributed by atoms with E-state index < -0.39 is 17.4 Å². The quantitative estimate of drug-likeness (QED) is 0.229. The normalized spacial score (nSPS) is 13.7. The number of hydrogen-bond acceptors (Lipinski definition) is 7. The molecule has 1 aromatic rings. The van der Waals surface area contributed by atoms with Gasteiger partial charge in [-0.15, -0.1) is 0 Å². The van der Waals surface area contributed by atoms with E-state index in [4.69, 9.17) is 23.7 Å². The van der Waals surface area contributed by atoms with Crippen molar-refractivity contribution in [1.82, 2.24) is 0 Å². The van der Waals surface area contributed by atoms with E-state index in [1.807, 2.05) is 19.9 Å². The Balaban J connectivity index is 2.40. The Bertz CT molecular complexity index is 854. The molecule has 0 atom stereocenters. The number of aliphatic carboxylic acids is 1. The second-order valence-electron chi connectivity index (χ2n) is 8.18. The second kappa shape index (κ2) is 10.6. The number of carboxylic acid groups (broad SMARTS) is 1. The molecule has 8 heteroatoms.